The monoisotopic (exact) mass is 592 g/mol. The minimum atomic E-state index is -1.07. The zero-order valence-corrected chi connectivity index (χ0v) is 26.9. The maximum Gasteiger partial charge on any atom is 0.408 e. The number of carbonyl (C=O) groups is 5. The van der Waals surface area contributed by atoms with Gasteiger partial charge < -0.3 is 30.3 Å². The summed E-state index contributed by atoms with van der Waals surface area (Å²) in [6.07, 6.45) is 2.06. The molecule has 0 radical (unpaired) electrons. The minimum absolute atomic E-state index is 0.0929. The van der Waals surface area contributed by atoms with Gasteiger partial charge in [-0.25, -0.2) is 4.79 Å². The zero-order valence-electron chi connectivity index (χ0n) is 26.9. The molecule has 238 valence electrons. The van der Waals surface area contributed by atoms with E-state index in [0.717, 1.165) is 0 Å². The molecular formula is C31H52N4O7. The molecule has 3 N–H and O–H groups in total. The number of nitrogens with one attached hydrogen (secondary N) is 3. The van der Waals surface area contributed by atoms with Crippen LogP contribution in [-0.4, -0.2) is 84.5 Å². The molecule has 2 aliphatic rings. The molecule has 1 heterocycles. The van der Waals surface area contributed by atoms with Crippen molar-refractivity contribution in [2.75, 3.05) is 26.3 Å². The standard InChI is InChI=1S/C31H52N4O7/c1-11-13-15-20(23(36)26(38)32-16-14-17-41-12-2)33-25(37)22-21-19(31(21,9)10)18-35(22)27(39)24(29(3,4)5)34-28(40)42-30(6,7)8/h11,19-22,24H,1,12-18H2,2-10H3,(H,32,38)(H,33,37)(H,34,40)/t19?,20-,21?,22?,24+/m0/s1. The number of nitrogens with zero attached hydrogens (tertiary/aromatic N) is 1. The third kappa shape index (κ3) is 9.02. The van der Waals surface area contributed by atoms with E-state index in [-0.39, 0.29) is 30.2 Å². The van der Waals surface area contributed by atoms with E-state index < -0.39 is 58.7 Å². The number of rotatable bonds is 14. The fourth-order valence-electron chi connectivity index (χ4n) is 5.63. The molecule has 0 spiro atoms. The number of Topliss-reactive ketones (excluding diaryl/α,β-unsaturated/α-hetero) is 1. The van der Waals surface area contributed by atoms with E-state index in [0.29, 0.717) is 32.6 Å². The van der Waals surface area contributed by atoms with E-state index in [2.05, 4.69) is 36.4 Å². The number of likely N-dealkylation sites (tertiary alicyclic amines) is 1. The molecule has 11 nitrogen and oxygen atoms in total. The van der Waals surface area contributed by atoms with Crippen molar-refractivity contribution in [1.82, 2.24) is 20.9 Å². The Hall–Kier alpha value is -2.95. The van der Waals surface area contributed by atoms with Gasteiger partial charge in [0.05, 0.1) is 6.04 Å². The summed E-state index contributed by atoms with van der Waals surface area (Å²) in [5.74, 6) is -2.43. The quantitative estimate of drug-likeness (QED) is 0.160. The van der Waals surface area contributed by atoms with Crippen LogP contribution in [0.15, 0.2) is 12.7 Å². The smallest absolute Gasteiger partial charge is 0.408 e. The SMILES string of the molecule is C=CCC[C@H](NC(=O)C1C2C(CN1C(=O)[C@@H](NC(=O)OC(C)(C)C)C(C)(C)C)C2(C)C)C(=O)C(=O)NCCCOCC. The molecule has 1 saturated carbocycles. The van der Waals surface area contributed by atoms with Crippen LogP contribution < -0.4 is 16.0 Å². The summed E-state index contributed by atoms with van der Waals surface area (Å²) in [6.45, 7) is 22.0. The Morgan fingerprint density at radius 1 is 1.07 bits per heavy atom. The number of fused-ring (bicyclic) bond motifs is 1. The van der Waals surface area contributed by atoms with E-state index in [4.69, 9.17) is 9.47 Å². The van der Waals surface area contributed by atoms with E-state index in [1.54, 1.807) is 26.8 Å². The van der Waals surface area contributed by atoms with Crippen molar-refractivity contribution >= 4 is 29.6 Å². The summed E-state index contributed by atoms with van der Waals surface area (Å²) >= 11 is 0. The van der Waals surface area contributed by atoms with Crippen LogP contribution in [0.2, 0.25) is 0 Å². The highest BCUT2D eigenvalue weighted by Crippen LogP contribution is 2.65. The Labute approximate surface area is 250 Å². The molecule has 4 amide bonds. The molecule has 0 aromatic carbocycles. The summed E-state index contributed by atoms with van der Waals surface area (Å²) in [5, 5.41) is 8.11. The van der Waals surface area contributed by atoms with Gasteiger partial charge in [-0.3, -0.25) is 19.2 Å². The van der Waals surface area contributed by atoms with E-state index in [1.807, 2.05) is 27.7 Å². The molecule has 0 aromatic heterocycles. The van der Waals surface area contributed by atoms with Crippen LogP contribution in [-0.2, 0) is 28.7 Å². The molecule has 42 heavy (non-hydrogen) atoms. The first-order chi connectivity index (χ1) is 19.4. The van der Waals surface area contributed by atoms with Crippen LogP contribution in [0, 0.1) is 22.7 Å². The van der Waals surface area contributed by atoms with Crippen molar-refractivity contribution < 1.29 is 33.4 Å². The van der Waals surface area contributed by atoms with Crippen molar-refractivity contribution in [3.05, 3.63) is 12.7 Å². The van der Waals surface area contributed by atoms with Gasteiger partial charge in [-0.05, 0) is 69.6 Å². The van der Waals surface area contributed by atoms with Gasteiger partial charge in [-0.1, -0.05) is 40.7 Å². The van der Waals surface area contributed by atoms with Crippen LogP contribution in [0.25, 0.3) is 0 Å². The van der Waals surface area contributed by atoms with Crippen molar-refractivity contribution in [3.8, 4) is 0 Å². The number of piperidine rings is 1. The molecular weight excluding hydrogens is 540 g/mol. The first-order valence-electron chi connectivity index (χ1n) is 15.0. The number of amides is 4. The Balaban J connectivity index is 2.25. The largest absolute Gasteiger partial charge is 0.444 e. The topological polar surface area (TPSA) is 143 Å². The molecule has 0 aromatic rings. The number of hydrogen-bond donors (Lipinski definition) is 3. The highest BCUT2D eigenvalue weighted by Gasteiger charge is 2.70. The average molecular weight is 593 g/mol. The zero-order chi connectivity index (χ0) is 32.0. The molecule has 1 aliphatic heterocycles. The van der Waals surface area contributed by atoms with Gasteiger partial charge in [-0.15, -0.1) is 6.58 Å². The number of hydrogen-bond acceptors (Lipinski definition) is 7. The Bertz CT molecular complexity index is 1030. The molecule has 5 atom stereocenters. The second kappa shape index (κ2) is 14.0. The van der Waals surface area contributed by atoms with Gasteiger partial charge in [0, 0.05) is 26.3 Å². The minimum Gasteiger partial charge on any atom is -0.444 e. The highest BCUT2D eigenvalue weighted by atomic mass is 16.6. The third-order valence-corrected chi connectivity index (χ3v) is 8.01. The van der Waals surface area contributed by atoms with Crippen LogP contribution in [0.4, 0.5) is 4.79 Å². The van der Waals surface area contributed by atoms with Gasteiger partial charge in [0.1, 0.15) is 17.7 Å². The molecule has 11 heteroatoms. The summed E-state index contributed by atoms with van der Waals surface area (Å²) in [6, 6.07) is -2.88. The number of ether oxygens (including phenoxy) is 2. The molecule has 2 rings (SSSR count). The Morgan fingerprint density at radius 2 is 1.71 bits per heavy atom. The van der Waals surface area contributed by atoms with Gasteiger partial charge in [0.2, 0.25) is 17.6 Å². The molecule has 1 saturated heterocycles. The van der Waals surface area contributed by atoms with E-state index in [1.165, 1.54) is 4.90 Å². The maximum absolute atomic E-state index is 14.0. The lowest BCUT2D eigenvalue weighted by Gasteiger charge is -2.38. The van der Waals surface area contributed by atoms with Crippen LogP contribution in [0.5, 0.6) is 0 Å². The van der Waals surface area contributed by atoms with E-state index >= 15 is 0 Å². The summed E-state index contributed by atoms with van der Waals surface area (Å²) in [4.78, 5) is 67.8. The maximum atomic E-state index is 14.0. The number of allylic oxidation sites excluding steroid dienone is 1. The van der Waals surface area contributed by atoms with Gasteiger partial charge >= 0.3 is 6.09 Å². The lowest BCUT2D eigenvalue weighted by atomic mass is 9.85. The van der Waals surface area contributed by atoms with Gasteiger partial charge in [0.25, 0.3) is 5.91 Å². The Morgan fingerprint density at radius 3 is 2.26 bits per heavy atom. The third-order valence-electron chi connectivity index (χ3n) is 8.01. The number of ketones is 1. The normalized spacial score (nSPS) is 22.3. The lowest BCUT2D eigenvalue weighted by molar-refractivity contribution is -0.145. The summed E-state index contributed by atoms with van der Waals surface area (Å²) < 4.78 is 10.7. The lowest BCUT2D eigenvalue weighted by Crippen LogP contribution is -2.60. The van der Waals surface area contributed by atoms with Crippen molar-refractivity contribution in [2.45, 2.75) is 105 Å². The van der Waals surface area contributed by atoms with Crippen LogP contribution in [0.1, 0.15) is 81.6 Å². The second-order valence-corrected chi connectivity index (χ2v) is 13.9. The highest BCUT2D eigenvalue weighted by molar-refractivity contribution is 6.38. The van der Waals surface area contributed by atoms with Crippen molar-refractivity contribution in [1.29, 1.82) is 0 Å². The van der Waals surface area contributed by atoms with E-state index in [9.17, 15) is 24.0 Å². The van der Waals surface area contributed by atoms with Gasteiger partial charge in [0.15, 0.2) is 0 Å². The predicted octanol–water partition coefficient (Wildman–Crippen LogP) is 2.97. The first kappa shape index (κ1) is 35.2. The average Bonchev–Trinajstić information content (AvgIpc) is 3.20. The second-order valence-electron chi connectivity index (χ2n) is 13.9. The van der Waals surface area contributed by atoms with Crippen molar-refractivity contribution in [2.24, 2.45) is 22.7 Å². The van der Waals surface area contributed by atoms with Crippen molar-refractivity contribution in [3.63, 3.8) is 0 Å². The molecule has 1 aliphatic carbocycles. The summed E-state index contributed by atoms with van der Waals surface area (Å²) in [5.41, 5.74) is -1.60. The first-order valence-corrected chi connectivity index (χ1v) is 15.0. The van der Waals surface area contributed by atoms with Gasteiger partial charge in [-0.2, -0.15) is 0 Å². The number of alkyl carbamates (subject to hydrolysis) is 1. The fraction of sp³-hybridized carbons (Fsp3) is 0.774. The molecule has 2 fully saturated rings. The van der Waals surface area contributed by atoms with Crippen LogP contribution in [0.3, 0.4) is 0 Å². The fourth-order valence-corrected chi connectivity index (χ4v) is 5.63. The molecule has 3 unspecified atom stereocenters. The predicted molar refractivity (Wildman–Crippen MR) is 159 cm³/mol. The van der Waals surface area contributed by atoms with Crippen LogP contribution >= 0.6 is 0 Å². The molecule has 0 bridgehead atoms. The summed E-state index contributed by atoms with van der Waals surface area (Å²) in [7, 11) is 0. The Kier molecular flexibility index (Phi) is 11.8. The number of carbonyl (C=O) groups excluding carboxylic acids is 5.